The maximum atomic E-state index is 11.2. The zero-order valence-electron chi connectivity index (χ0n) is 7.10. The highest BCUT2D eigenvalue weighted by Gasteiger charge is 2.23. The molecule has 7 heteroatoms. The average Bonchev–Trinajstić information content (AvgIpc) is 2.13. The Kier molecular flexibility index (Phi) is 4.89. The molecule has 0 aromatic carbocycles. The first-order valence-corrected chi connectivity index (χ1v) is 4.72. The van der Waals surface area contributed by atoms with E-state index in [1.165, 1.54) is 14.2 Å². The normalized spacial score (nSPS) is 10.9. The van der Waals surface area contributed by atoms with Gasteiger partial charge in [0.25, 0.3) is 0 Å². The molecule has 72 valence electrons. The van der Waals surface area contributed by atoms with Gasteiger partial charge in [0.15, 0.2) is 6.35 Å². The molecule has 0 saturated carbocycles. The van der Waals surface area contributed by atoms with Gasteiger partial charge in [-0.05, 0) is 0 Å². The van der Waals surface area contributed by atoms with Crippen LogP contribution in [0.2, 0.25) is 0 Å². The minimum absolute atomic E-state index is 0.452. The first-order valence-electron chi connectivity index (χ1n) is 2.99. The van der Waals surface area contributed by atoms with Crippen LogP contribution in [0.4, 0.5) is 4.79 Å². The lowest BCUT2D eigenvalue weighted by atomic mass is 11.3. The van der Waals surface area contributed by atoms with Gasteiger partial charge < -0.3 is 18.5 Å². The second-order valence-corrected chi connectivity index (χ2v) is 3.91. The van der Waals surface area contributed by atoms with Gasteiger partial charge in [0.2, 0.25) is 0 Å². The van der Waals surface area contributed by atoms with E-state index in [0.29, 0.717) is 0 Å². The summed E-state index contributed by atoms with van der Waals surface area (Å²) in [5.41, 5.74) is 0. The van der Waals surface area contributed by atoms with Crippen LogP contribution in [0.25, 0.3) is 0 Å². The summed E-state index contributed by atoms with van der Waals surface area (Å²) in [5, 5.41) is 0. The number of hydrogen-bond donors (Lipinski definition) is 0. The van der Waals surface area contributed by atoms with Gasteiger partial charge in [0, 0.05) is 14.2 Å². The Bertz CT molecular complexity index is 182. The summed E-state index contributed by atoms with van der Waals surface area (Å²) in [6.45, 7) is 0. The number of carbonyl (C=O) groups is 1. The van der Waals surface area contributed by atoms with Crippen molar-refractivity contribution in [2.45, 2.75) is 0 Å². The van der Waals surface area contributed by atoms with E-state index in [2.05, 4.69) is 18.5 Å². The van der Waals surface area contributed by atoms with Gasteiger partial charge in [-0.2, -0.15) is 0 Å². The maximum absolute atomic E-state index is 11.2. The largest absolute Gasteiger partial charge is 0.508 e. The SMILES string of the molecule is COC(=O)OCP(=O)(OC)OC. The van der Waals surface area contributed by atoms with Crippen molar-refractivity contribution < 1.29 is 27.9 Å². The molecule has 0 unspecified atom stereocenters. The fourth-order valence-corrected chi connectivity index (χ4v) is 0.994. The number of rotatable bonds is 4. The molecule has 0 atom stereocenters. The lowest BCUT2D eigenvalue weighted by Crippen LogP contribution is -2.07. The second-order valence-electron chi connectivity index (χ2n) is 1.70. The van der Waals surface area contributed by atoms with E-state index >= 15 is 0 Å². The molecule has 0 amide bonds. The summed E-state index contributed by atoms with van der Waals surface area (Å²) in [4.78, 5) is 10.4. The van der Waals surface area contributed by atoms with Crippen LogP contribution in [0.1, 0.15) is 0 Å². The van der Waals surface area contributed by atoms with Crippen molar-refractivity contribution in [1.29, 1.82) is 0 Å². The molecule has 0 bridgehead atoms. The van der Waals surface area contributed by atoms with Crippen molar-refractivity contribution in [1.82, 2.24) is 0 Å². The summed E-state index contributed by atoms with van der Waals surface area (Å²) in [5.74, 6) is 0. The second kappa shape index (κ2) is 5.13. The lowest BCUT2D eigenvalue weighted by molar-refractivity contribution is 0.0795. The maximum Gasteiger partial charge on any atom is 0.508 e. The quantitative estimate of drug-likeness (QED) is 0.499. The molecule has 0 aromatic rings. The molecule has 0 aliphatic carbocycles. The molecule has 0 N–H and O–H groups in total. The van der Waals surface area contributed by atoms with Gasteiger partial charge in [0.1, 0.15) is 0 Å². The Hall–Kier alpha value is -0.580. The number of carbonyl (C=O) groups excluding carboxylic acids is 1. The molecule has 0 aliphatic rings. The number of methoxy groups -OCH3 is 1. The van der Waals surface area contributed by atoms with E-state index in [9.17, 15) is 9.36 Å². The highest BCUT2D eigenvalue weighted by molar-refractivity contribution is 7.53. The lowest BCUT2D eigenvalue weighted by Gasteiger charge is -2.12. The van der Waals surface area contributed by atoms with Crippen molar-refractivity contribution >= 4 is 13.8 Å². The Morgan fingerprint density at radius 2 is 1.75 bits per heavy atom. The molecule has 0 aliphatic heterocycles. The number of hydrogen-bond acceptors (Lipinski definition) is 6. The Labute approximate surface area is 70.3 Å². The van der Waals surface area contributed by atoms with Gasteiger partial charge in [-0.3, -0.25) is 4.57 Å². The van der Waals surface area contributed by atoms with Crippen molar-refractivity contribution in [3.63, 3.8) is 0 Å². The Morgan fingerprint density at radius 3 is 2.08 bits per heavy atom. The van der Waals surface area contributed by atoms with E-state index in [1.54, 1.807) is 0 Å². The fourth-order valence-electron chi connectivity index (χ4n) is 0.371. The van der Waals surface area contributed by atoms with E-state index in [4.69, 9.17) is 0 Å². The molecule has 0 heterocycles. The molecule has 0 spiro atoms. The van der Waals surface area contributed by atoms with Crippen molar-refractivity contribution in [3.8, 4) is 0 Å². The molecule has 0 radical (unpaired) electrons. The minimum Gasteiger partial charge on any atom is -0.438 e. The third-order valence-electron chi connectivity index (χ3n) is 1.06. The zero-order valence-corrected chi connectivity index (χ0v) is 8.00. The molecule has 0 rings (SSSR count). The van der Waals surface area contributed by atoms with Gasteiger partial charge in [0.05, 0.1) is 7.11 Å². The van der Waals surface area contributed by atoms with Crippen molar-refractivity contribution in [2.75, 3.05) is 27.7 Å². The summed E-state index contributed by atoms with van der Waals surface area (Å²) in [6.07, 6.45) is -1.38. The van der Waals surface area contributed by atoms with E-state index in [-0.39, 0.29) is 0 Å². The van der Waals surface area contributed by atoms with Gasteiger partial charge in [-0.15, -0.1) is 0 Å². The van der Waals surface area contributed by atoms with Crippen LogP contribution in [0, 0.1) is 0 Å². The molecule has 0 fully saturated rings. The summed E-state index contributed by atoms with van der Waals surface area (Å²) < 4.78 is 28.7. The molecule has 0 saturated heterocycles. The minimum atomic E-state index is -3.27. The van der Waals surface area contributed by atoms with Crippen molar-refractivity contribution in [3.05, 3.63) is 0 Å². The highest BCUT2D eigenvalue weighted by Crippen LogP contribution is 2.46. The van der Waals surface area contributed by atoms with Crippen LogP contribution in [0.3, 0.4) is 0 Å². The number of ether oxygens (including phenoxy) is 2. The predicted octanol–water partition coefficient (Wildman–Crippen LogP) is 1.21. The van der Waals surface area contributed by atoms with E-state index < -0.39 is 20.1 Å². The van der Waals surface area contributed by atoms with Crippen LogP contribution in [0.5, 0.6) is 0 Å². The van der Waals surface area contributed by atoms with Crippen LogP contribution >= 0.6 is 7.60 Å². The zero-order chi connectivity index (χ0) is 9.61. The first-order chi connectivity index (χ1) is 5.58. The van der Waals surface area contributed by atoms with Crippen LogP contribution in [-0.4, -0.2) is 33.8 Å². The summed E-state index contributed by atoms with van der Waals surface area (Å²) in [7, 11) is 0.273. The predicted molar refractivity (Wildman–Crippen MR) is 40.0 cm³/mol. The van der Waals surface area contributed by atoms with Crippen LogP contribution in [-0.2, 0) is 23.1 Å². The standard InChI is InChI=1S/C5H11O6P/c1-8-5(6)11-4-12(7,9-2)10-3/h4H2,1-3H3. The third kappa shape index (κ3) is 3.71. The smallest absolute Gasteiger partial charge is 0.438 e. The monoisotopic (exact) mass is 198 g/mol. The van der Waals surface area contributed by atoms with Crippen molar-refractivity contribution in [2.24, 2.45) is 0 Å². The summed E-state index contributed by atoms with van der Waals surface area (Å²) in [6, 6.07) is 0. The Morgan fingerprint density at radius 1 is 1.25 bits per heavy atom. The average molecular weight is 198 g/mol. The van der Waals surface area contributed by atoms with E-state index in [0.717, 1.165) is 7.11 Å². The van der Waals surface area contributed by atoms with Gasteiger partial charge in [-0.1, -0.05) is 0 Å². The summed E-state index contributed by atoms with van der Waals surface area (Å²) >= 11 is 0. The topological polar surface area (TPSA) is 71.1 Å². The molecule has 6 nitrogen and oxygen atoms in total. The third-order valence-corrected chi connectivity index (χ3v) is 2.62. The Balaban J connectivity index is 3.89. The van der Waals surface area contributed by atoms with Gasteiger partial charge in [-0.25, -0.2) is 4.79 Å². The molecular formula is C5H11O6P. The fraction of sp³-hybridized carbons (Fsp3) is 0.800. The molecular weight excluding hydrogens is 187 g/mol. The van der Waals surface area contributed by atoms with E-state index in [1.807, 2.05) is 0 Å². The molecule has 0 aromatic heterocycles. The molecule has 12 heavy (non-hydrogen) atoms. The van der Waals surface area contributed by atoms with Crippen LogP contribution < -0.4 is 0 Å². The highest BCUT2D eigenvalue weighted by atomic mass is 31.2. The first kappa shape index (κ1) is 11.4. The van der Waals surface area contributed by atoms with Gasteiger partial charge >= 0.3 is 13.8 Å². The van der Waals surface area contributed by atoms with Crippen LogP contribution in [0.15, 0.2) is 0 Å².